The van der Waals surface area contributed by atoms with Crippen molar-refractivity contribution in [3.05, 3.63) is 11.6 Å². The van der Waals surface area contributed by atoms with Crippen LogP contribution in [0.4, 0.5) is 0 Å². The van der Waals surface area contributed by atoms with E-state index < -0.39 is 10.5 Å². The Morgan fingerprint density at radius 1 is 1.07 bits per heavy atom. The van der Waals surface area contributed by atoms with E-state index in [0.29, 0.717) is 30.3 Å². The molecule has 1 amide bonds. The monoisotopic (exact) mass is 631 g/mol. The molecule has 0 aromatic heterocycles. The van der Waals surface area contributed by atoms with Gasteiger partial charge in [0.2, 0.25) is 5.91 Å². The fourth-order valence-electron chi connectivity index (χ4n) is 10.1. The summed E-state index contributed by atoms with van der Waals surface area (Å²) in [5, 5.41) is 3.01. The Morgan fingerprint density at radius 3 is 2.52 bits per heavy atom. The van der Waals surface area contributed by atoms with E-state index in [2.05, 4.69) is 51.7 Å². The Morgan fingerprint density at radius 2 is 1.82 bits per heavy atom. The first kappa shape index (κ1) is 36.0. The molecule has 3 saturated carbocycles. The molecule has 0 aromatic carbocycles. The maximum Gasteiger partial charge on any atom is 0.247 e. The van der Waals surface area contributed by atoms with Crippen molar-refractivity contribution >= 4 is 24.3 Å². The van der Waals surface area contributed by atoms with E-state index in [1.54, 1.807) is 12.5 Å². The van der Waals surface area contributed by atoms with Crippen LogP contribution in [-0.4, -0.2) is 41.5 Å². The van der Waals surface area contributed by atoms with Crippen LogP contribution in [0.5, 0.6) is 0 Å². The van der Waals surface area contributed by atoms with E-state index >= 15 is 0 Å². The summed E-state index contributed by atoms with van der Waals surface area (Å²) >= 11 is 4.68. The number of ketones is 1. The second-order valence-corrected chi connectivity index (χ2v) is 18.0. The highest BCUT2D eigenvalue weighted by molar-refractivity contribution is 7.81. The van der Waals surface area contributed by atoms with E-state index in [9.17, 15) is 9.59 Å². The molecule has 0 aliphatic heterocycles. The number of allylic oxidation sites excluding steroid dienone is 1. The lowest BCUT2D eigenvalue weighted by Gasteiger charge is -2.58. The van der Waals surface area contributed by atoms with Gasteiger partial charge in [0.05, 0.1) is 23.2 Å². The number of Topliss-reactive ketones (excluding diaryl/α,β-unsaturated/α-hetero) is 1. The molecule has 4 aliphatic rings. The van der Waals surface area contributed by atoms with E-state index in [4.69, 9.17) is 9.47 Å². The molecule has 8 atom stereocenters. The van der Waals surface area contributed by atoms with E-state index in [1.807, 2.05) is 20.8 Å². The Balaban J connectivity index is 1.25. The molecule has 1 N–H and O–H groups in total. The van der Waals surface area contributed by atoms with Gasteiger partial charge in [-0.2, -0.15) is 12.6 Å². The molecular formula is C38H65NO4S. The summed E-state index contributed by atoms with van der Waals surface area (Å²) in [4.78, 5) is 23.6. The van der Waals surface area contributed by atoms with Crippen LogP contribution >= 0.6 is 12.6 Å². The zero-order valence-corrected chi connectivity index (χ0v) is 30.3. The highest BCUT2D eigenvalue weighted by Gasteiger charge is 2.58. The molecule has 252 valence electrons. The third kappa shape index (κ3) is 8.73. The van der Waals surface area contributed by atoms with Crippen LogP contribution in [0.25, 0.3) is 0 Å². The predicted molar refractivity (Wildman–Crippen MR) is 184 cm³/mol. The minimum absolute atomic E-state index is 0.0620. The third-order valence-corrected chi connectivity index (χ3v) is 12.8. The molecule has 0 heterocycles. The molecule has 8 unspecified atom stereocenters. The molecule has 0 spiro atoms. The molecule has 0 aromatic rings. The minimum Gasteiger partial charge on any atom is -0.375 e. The normalized spacial score (nSPS) is 34.9. The van der Waals surface area contributed by atoms with Crippen molar-refractivity contribution in [2.75, 3.05) is 13.2 Å². The molecule has 5 nitrogen and oxygen atoms in total. The number of rotatable bonds is 15. The smallest absolute Gasteiger partial charge is 0.247 e. The first-order chi connectivity index (χ1) is 20.5. The van der Waals surface area contributed by atoms with Gasteiger partial charge in [-0.3, -0.25) is 9.59 Å². The van der Waals surface area contributed by atoms with E-state index in [-0.39, 0.29) is 24.4 Å². The Bertz CT molecular complexity index is 1040. The van der Waals surface area contributed by atoms with Crippen LogP contribution in [0.1, 0.15) is 145 Å². The summed E-state index contributed by atoms with van der Waals surface area (Å²) in [6, 6.07) is 0. The summed E-state index contributed by atoms with van der Waals surface area (Å²) in [6.07, 6.45) is 19.4. The maximum atomic E-state index is 12.8. The van der Waals surface area contributed by atoms with Crippen molar-refractivity contribution in [1.82, 2.24) is 5.32 Å². The van der Waals surface area contributed by atoms with Gasteiger partial charge < -0.3 is 14.8 Å². The van der Waals surface area contributed by atoms with Crippen LogP contribution in [0.15, 0.2) is 11.6 Å². The summed E-state index contributed by atoms with van der Waals surface area (Å²) in [6.45, 7) is 17.7. The number of ether oxygens (including phenoxy) is 2. The summed E-state index contributed by atoms with van der Waals surface area (Å²) in [5.41, 5.74) is 1.93. The van der Waals surface area contributed by atoms with Gasteiger partial charge in [-0.15, -0.1) is 0 Å². The van der Waals surface area contributed by atoms with Gasteiger partial charge in [-0.1, -0.05) is 58.6 Å². The van der Waals surface area contributed by atoms with Crippen molar-refractivity contribution < 1.29 is 19.1 Å². The van der Waals surface area contributed by atoms with Crippen molar-refractivity contribution in [2.45, 2.75) is 162 Å². The fourth-order valence-corrected chi connectivity index (χ4v) is 10.3. The largest absolute Gasteiger partial charge is 0.375 e. The molecule has 4 aliphatic carbocycles. The lowest BCUT2D eigenvalue weighted by Crippen LogP contribution is -2.50. The van der Waals surface area contributed by atoms with Crippen LogP contribution in [0, 0.1) is 40.4 Å². The van der Waals surface area contributed by atoms with Crippen molar-refractivity contribution in [3.63, 3.8) is 0 Å². The average Bonchev–Trinajstić information content (AvgIpc) is 3.24. The number of carbonyl (C=O) groups is 2. The fraction of sp³-hybridized carbons (Fsp3) is 0.895. The zero-order valence-electron chi connectivity index (χ0n) is 29.4. The summed E-state index contributed by atoms with van der Waals surface area (Å²) in [7, 11) is 0. The van der Waals surface area contributed by atoms with Crippen molar-refractivity contribution in [2.24, 2.45) is 40.4 Å². The molecule has 0 saturated heterocycles. The highest BCUT2D eigenvalue weighted by atomic mass is 32.1. The molecular weight excluding hydrogens is 566 g/mol. The molecule has 44 heavy (non-hydrogen) atoms. The predicted octanol–water partition coefficient (Wildman–Crippen LogP) is 9.09. The second kappa shape index (κ2) is 14.5. The number of hydrogen-bond acceptors (Lipinski definition) is 5. The highest BCUT2D eigenvalue weighted by Crippen LogP contribution is 2.66. The second-order valence-electron chi connectivity index (χ2n) is 17.0. The Kier molecular flexibility index (Phi) is 11.9. The van der Waals surface area contributed by atoms with Crippen LogP contribution in [0.3, 0.4) is 0 Å². The van der Waals surface area contributed by atoms with Gasteiger partial charge in [0.1, 0.15) is 12.4 Å². The van der Waals surface area contributed by atoms with E-state index in [0.717, 1.165) is 42.4 Å². The minimum atomic E-state index is -0.707. The van der Waals surface area contributed by atoms with Gasteiger partial charge in [-0.25, -0.2) is 0 Å². The van der Waals surface area contributed by atoms with Gasteiger partial charge >= 0.3 is 0 Å². The molecule has 0 radical (unpaired) electrons. The lowest BCUT2D eigenvalue weighted by molar-refractivity contribution is -0.130. The number of amides is 1. The van der Waals surface area contributed by atoms with Crippen LogP contribution in [-0.2, 0) is 19.1 Å². The quantitative estimate of drug-likeness (QED) is 0.0819. The maximum absolute atomic E-state index is 12.8. The van der Waals surface area contributed by atoms with Gasteiger partial charge in [0, 0.05) is 12.8 Å². The van der Waals surface area contributed by atoms with Crippen LogP contribution in [0.2, 0.25) is 0 Å². The standard InChI is InChI=1S/C38H65NO4S/c1-26(2)11-9-10-12-28-14-16-32-31-15-13-29-23-30(17-19-37(29,7)33(31)18-20-36(28,32)6)42-25-34(41)39-38(8,44)21-22-43-35(4,5)24-27(3)40/h13,26,28,30-33,44H,9-12,14-25H2,1-8H3,(H,39,41). The van der Waals surface area contributed by atoms with Crippen molar-refractivity contribution in [3.8, 4) is 0 Å². The molecule has 6 heteroatoms. The molecule has 4 rings (SSSR count). The number of hydrogen-bond donors (Lipinski definition) is 2. The number of unbranched alkanes of at least 4 members (excludes halogenated alkanes) is 1. The Labute approximate surface area is 275 Å². The van der Waals surface area contributed by atoms with Gasteiger partial charge in [0.15, 0.2) is 0 Å². The third-order valence-electron chi connectivity index (χ3n) is 12.5. The zero-order chi connectivity index (χ0) is 32.3. The number of nitrogens with one attached hydrogen (secondary N) is 1. The van der Waals surface area contributed by atoms with Crippen LogP contribution < -0.4 is 5.32 Å². The number of fused-ring (bicyclic) bond motifs is 5. The summed E-state index contributed by atoms with van der Waals surface area (Å²) < 4.78 is 12.1. The first-order valence-corrected chi connectivity index (χ1v) is 18.5. The number of thiol groups is 1. The summed E-state index contributed by atoms with van der Waals surface area (Å²) in [5.74, 6) is 4.27. The first-order valence-electron chi connectivity index (χ1n) is 18.0. The number of carbonyl (C=O) groups excluding carboxylic acids is 2. The topological polar surface area (TPSA) is 64.6 Å². The Hall–Kier alpha value is -0.850. The van der Waals surface area contributed by atoms with Gasteiger partial charge in [-0.05, 0) is 126 Å². The van der Waals surface area contributed by atoms with E-state index in [1.165, 1.54) is 64.2 Å². The van der Waals surface area contributed by atoms with Crippen molar-refractivity contribution in [1.29, 1.82) is 0 Å². The van der Waals surface area contributed by atoms with Gasteiger partial charge in [0.25, 0.3) is 0 Å². The SMILES string of the molecule is CC(=O)CC(C)(C)OCCC(C)(S)NC(=O)COC1CCC2(C)C(=CCC3C2CCC2(C)C(CCCCC(C)C)CCC32)C1. The molecule has 0 bridgehead atoms. The lowest BCUT2D eigenvalue weighted by atomic mass is 9.47. The average molecular weight is 632 g/mol. The molecule has 3 fully saturated rings.